The second kappa shape index (κ2) is 3.74. The van der Waals surface area contributed by atoms with Crippen molar-refractivity contribution >= 4 is 0 Å². The predicted molar refractivity (Wildman–Crippen MR) is 62.5 cm³/mol. The SMILES string of the molecule is CC(C)(C)C1CC(C(C)(C)C)C(O)C1O. The van der Waals surface area contributed by atoms with Crippen molar-refractivity contribution in [3.8, 4) is 0 Å². The van der Waals surface area contributed by atoms with Gasteiger partial charge in [0.1, 0.15) is 0 Å². The highest BCUT2D eigenvalue weighted by Gasteiger charge is 2.49. The van der Waals surface area contributed by atoms with Crippen LogP contribution in [0, 0.1) is 22.7 Å². The minimum absolute atomic E-state index is 0.0698. The van der Waals surface area contributed by atoms with Crippen LogP contribution in [0.5, 0.6) is 0 Å². The van der Waals surface area contributed by atoms with Crippen LogP contribution in [-0.2, 0) is 0 Å². The van der Waals surface area contributed by atoms with Crippen LogP contribution >= 0.6 is 0 Å². The summed E-state index contributed by atoms with van der Waals surface area (Å²) in [6.07, 6.45) is -0.196. The number of aliphatic hydroxyl groups is 2. The molecule has 0 amide bonds. The molecule has 2 heteroatoms. The normalized spacial score (nSPS) is 38.4. The molecule has 1 aliphatic carbocycles. The fourth-order valence-corrected chi connectivity index (χ4v) is 2.76. The number of rotatable bonds is 0. The molecule has 15 heavy (non-hydrogen) atoms. The summed E-state index contributed by atoms with van der Waals surface area (Å²) in [6.45, 7) is 12.8. The molecule has 0 bridgehead atoms. The molecular formula is C13H26O2. The Hall–Kier alpha value is -0.0800. The molecule has 2 nitrogen and oxygen atoms in total. The van der Waals surface area contributed by atoms with Gasteiger partial charge in [-0.1, -0.05) is 41.5 Å². The van der Waals surface area contributed by atoms with E-state index in [1.807, 2.05) is 0 Å². The van der Waals surface area contributed by atoms with Gasteiger partial charge in [-0.25, -0.2) is 0 Å². The van der Waals surface area contributed by atoms with Crippen molar-refractivity contribution in [3.63, 3.8) is 0 Å². The van der Waals surface area contributed by atoms with Crippen molar-refractivity contribution in [1.82, 2.24) is 0 Å². The van der Waals surface area contributed by atoms with E-state index in [4.69, 9.17) is 0 Å². The predicted octanol–water partition coefficient (Wildman–Crippen LogP) is 2.44. The molecule has 1 fully saturated rings. The third kappa shape index (κ3) is 2.54. The second-order valence-corrected chi connectivity index (χ2v) is 7.16. The van der Waals surface area contributed by atoms with Gasteiger partial charge >= 0.3 is 0 Å². The van der Waals surface area contributed by atoms with E-state index >= 15 is 0 Å². The summed E-state index contributed by atoms with van der Waals surface area (Å²) in [5.74, 6) is 0.411. The Bertz CT molecular complexity index is 198. The van der Waals surface area contributed by atoms with Gasteiger partial charge < -0.3 is 10.2 Å². The molecule has 90 valence electrons. The van der Waals surface area contributed by atoms with Crippen LogP contribution < -0.4 is 0 Å². The third-order valence-corrected chi connectivity index (χ3v) is 3.91. The summed E-state index contributed by atoms with van der Waals surface area (Å²) in [5, 5.41) is 20.2. The first-order valence-electron chi connectivity index (χ1n) is 5.91. The minimum atomic E-state index is -0.561. The average molecular weight is 214 g/mol. The Morgan fingerprint density at radius 1 is 0.733 bits per heavy atom. The second-order valence-electron chi connectivity index (χ2n) is 7.16. The van der Waals surface area contributed by atoms with Gasteiger partial charge in [0.05, 0.1) is 12.2 Å². The number of hydrogen-bond donors (Lipinski definition) is 2. The molecule has 0 heterocycles. The number of aliphatic hydroxyl groups excluding tert-OH is 2. The molecule has 0 saturated heterocycles. The Kier molecular flexibility index (Phi) is 3.24. The number of hydrogen-bond acceptors (Lipinski definition) is 2. The van der Waals surface area contributed by atoms with E-state index in [1.54, 1.807) is 0 Å². The molecule has 1 rings (SSSR count). The topological polar surface area (TPSA) is 40.5 Å². The van der Waals surface area contributed by atoms with E-state index in [9.17, 15) is 10.2 Å². The Morgan fingerprint density at radius 3 is 1.13 bits per heavy atom. The lowest BCUT2D eigenvalue weighted by molar-refractivity contribution is -0.0309. The molecule has 2 N–H and O–H groups in total. The maximum absolute atomic E-state index is 10.1. The van der Waals surface area contributed by atoms with Crippen LogP contribution in [0.25, 0.3) is 0 Å². The molecule has 0 aromatic carbocycles. The minimum Gasteiger partial charge on any atom is -0.390 e. The maximum atomic E-state index is 10.1. The van der Waals surface area contributed by atoms with Gasteiger partial charge in [0.2, 0.25) is 0 Å². The van der Waals surface area contributed by atoms with Gasteiger partial charge in [-0.3, -0.25) is 0 Å². The van der Waals surface area contributed by atoms with E-state index in [1.165, 1.54) is 0 Å². The summed E-state index contributed by atoms with van der Waals surface area (Å²) in [7, 11) is 0. The van der Waals surface area contributed by atoms with E-state index in [2.05, 4.69) is 41.5 Å². The van der Waals surface area contributed by atoms with Gasteiger partial charge in [0.15, 0.2) is 0 Å². The zero-order valence-electron chi connectivity index (χ0n) is 10.9. The van der Waals surface area contributed by atoms with Crippen molar-refractivity contribution in [3.05, 3.63) is 0 Å². The highest BCUT2D eigenvalue weighted by atomic mass is 16.3. The first-order chi connectivity index (χ1) is 6.55. The van der Waals surface area contributed by atoms with E-state index < -0.39 is 12.2 Å². The molecule has 4 unspecified atom stereocenters. The van der Waals surface area contributed by atoms with Gasteiger partial charge in [0.25, 0.3) is 0 Å². The molecule has 0 radical (unpaired) electrons. The fourth-order valence-electron chi connectivity index (χ4n) is 2.76. The Balaban J connectivity index is 2.86. The smallest absolute Gasteiger partial charge is 0.0835 e. The van der Waals surface area contributed by atoms with Crippen LogP contribution in [0.1, 0.15) is 48.0 Å². The zero-order chi connectivity index (χ0) is 12.0. The highest BCUT2D eigenvalue weighted by Crippen LogP contribution is 2.48. The van der Waals surface area contributed by atoms with Crippen molar-refractivity contribution in [1.29, 1.82) is 0 Å². The summed E-state index contributed by atoms with van der Waals surface area (Å²) in [5.41, 5.74) is 0.140. The monoisotopic (exact) mass is 214 g/mol. The quantitative estimate of drug-likeness (QED) is 0.650. The van der Waals surface area contributed by atoms with Crippen molar-refractivity contribution < 1.29 is 10.2 Å². The lowest BCUT2D eigenvalue weighted by Crippen LogP contribution is -2.36. The van der Waals surface area contributed by atoms with Gasteiger partial charge in [-0.05, 0) is 29.1 Å². The molecule has 1 saturated carbocycles. The summed E-state index contributed by atoms with van der Waals surface area (Å²) >= 11 is 0. The van der Waals surface area contributed by atoms with Crippen molar-refractivity contribution in [2.75, 3.05) is 0 Å². The van der Waals surface area contributed by atoms with Crippen LogP contribution in [0.15, 0.2) is 0 Å². The average Bonchev–Trinajstić information content (AvgIpc) is 2.26. The summed E-state index contributed by atoms with van der Waals surface area (Å²) in [6, 6.07) is 0. The standard InChI is InChI=1S/C13H26O2/c1-12(2,3)8-7-9(13(4,5)6)11(15)10(8)14/h8-11,14-15H,7H2,1-6H3. The van der Waals surface area contributed by atoms with Crippen LogP contribution in [0.2, 0.25) is 0 Å². The largest absolute Gasteiger partial charge is 0.390 e. The van der Waals surface area contributed by atoms with Gasteiger partial charge in [0, 0.05) is 0 Å². The highest BCUT2D eigenvalue weighted by molar-refractivity contribution is 4.99. The first-order valence-corrected chi connectivity index (χ1v) is 5.91. The van der Waals surface area contributed by atoms with E-state index in [0.717, 1.165) is 6.42 Å². The van der Waals surface area contributed by atoms with Crippen molar-refractivity contribution in [2.24, 2.45) is 22.7 Å². The van der Waals surface area contributed by atoms with E-state index in [-0.39, 0.29) is 22.7 Å². The van der Waals surface area contributed by atoms with E-state index in [0.29, 0.717) is 0 Å². The van der Waals surface area contributed by atoms with Crippen LogP contribution in [-0.4, -0.2) is 22.4 Å². The Labute approximate surface area is 93.7 Å². The fraction of sp³-hybridized carbons (Fsp3) is 1.00. The van der Waals surface area contributed by atoms with Crippen LogP contribution in [0.3, 0.4) is 0 Å². The van der Waals surface area contributed by atoms with Crippen LogP contribution in [0.4, 0.5) is 0 Å². The molecular weight excluding hydrogens is 188 g/mol. The molecule has 1 aliphatic rings. The molecule has 0 aromatic heterocycles. The molecule has 0 aromatic rings. The molecule has 0 spiro atoms. The van der Waals surface area contributed by atoms with Gasteiger partial charge in [-0.15, -0.1) is 0 Å². The lowest BCUT2D eigenvalue weighted by Gasteiger charge is -2.30. The lowest BCUT2D eigenvalue weighted by atomic mass is 9.75. The molecule has 0 aliphatic heterocycles. The van der Waals surface area contributed by atoms with Crippen molar-refractivity contribution in [2.45, 2.75) is 60.2 Å². The summed E-state index contributed by atoms with van der Waals surface area (Å²) in [4.78, 5) is 0. The third-order valence-electron chi connectivity index (χ3n) is 3.91. The summed E-state index contributed by atoms with van der Waals surface area (Å²) < 4.78 is 0. The maximum Gasteiger partial charge on any atom is 0.0835 e. The molecule has 4 atom stereocenters. The Morgan fingerprint density at radius 2 is 1.00 bits per heavy atom. The zero-order valence-corrected chi connectivity index (χ0v) is 10.9. The van der Waals surface area contributed by atoms with Gasteiger partial charge in [-0.2, -0.15) is 0 Å². The first kappa shape index (κ1) is 13.0.